The lowest BCUT2D eigenvalue weighted by molar-refractivity contribution is -0.308. The number of hydrogen-bond acceptors (Lipinski definition) is 5. The number of halogens is 7. The van der Waals surface area contributed by atoms with Gasteiger partial charge in [-0.25, -0.2) is 9.18 Å². The van der Waals surface area contributed by atoms with Crippen molar-refractivity contribution in [2.75, 3.05) is 32.8 Å². The first-order chi connectivity index (χ1) is 15.9. The highest BCUT2D eigenvalue weighted by Gasteiger charge is 2.60. The zero-order valence-corrected chi connectivity index (χ0v) is 19.1. The molecule has 2 rings (SSSR count). The highest BCUT2D eigenvalue weighted by Crippen LogP contribution is 2.36. The summed E-state index contributed by atoms with van der Waals surface area (Å²) in [6.45, 7) is 3.71. The molecule has 0 atom stereocenters. The van der Waals surface area contributed by atoms with Crippen LogP contribution in [0.2, 0.25) is 0 Å². The van der Waals surface area contributed by atoms with Crippen molar-refractivity contribution in [2.24, 2.45) is 5.41 Å². The fraction of sp³-hybridized carbons (Fsp3) is 0.619. The monoisotopic (exact) mass is 518 g/mol. The first-order valence-electron chi connectivity index (χ1n) is 10.4. The number of benzene rings is 1. The number of carbonyl (C=O) groups is 2. The largest absolute Gasteiger partial charge is 0.489 e. The second kappa shape index (κ2) is 10.5. The maximum Gasteiger partial charge on any atom is 0.434 e. The Morgan fingerprint density at radius 2 is 1.57 bits per heavy atom. The number of rotatable bonds is 7. The van der Waals surface area contributed by atoms with Crippen LogP contribution in [0.15, 0.2) is 12.1 Å². The van der Waals surface area contributed by atoms with Crippen LogP contribution in [0.5, 0.6) is 5.75 Å². The van der Waals surface area contributed by atoms with Gasteiger partial charge in [-0.3, -0.25) is 9.69 Å². The van der Waals surface area contributed by atoms with Crippen LogP contribution in [0.1, 0.15) is 25.0 Å². The van der Waals surface area contributed by atoms with Crippen molar-refractivity contribution in [2.45, 2.75) is 45.8 Å². The lowest BCUT2D eigenvalue weighted by atomic mass is 9.95. The third kappa shape index (κ3) is 7.36. The van der Waals surface area contributed by atoms with Crippen LogP contribution in [-0.4, -0.2) is 78.2 Å². The van der Waals surface area contributed by atoms with E-state index in [0.717, 1.165) is 4.90 Å². The normalized spacial score (nSPS) is 15.9. The Hall–Kier alpha value is -2.77. The lowest BCUT2D eigenvalue weighted by Crippen LogP contribution is -2.52. The molecule has 0 spiro atoms. The smallest absolute Gasteiger partial charge is 0.434 e. The number of carboxylic acids is 1. The Bertz CT molecular complexity index is 912. The van der Waals surface area contributed by atoms with Crippen LogP contribution in [-0.2, 0) is 16.1 Å². The van der Waals surface area contributed by atoms with E-state index in [1.54, 1.807) is 11.0 Å². The molecule has 7 nitrogen and oxygen atoms in total. The molecule has 1 saturated heterocycles. The molecule has 0 unspecified atom stereocenters. The number of carbonyl (C=O) groups excluding carboxylic acids is 1. The van der Waals surface area contributed by atoms with Gasteiger partial charge in [0.05, 0.1) is 5.41 Å². The summed E-state index contributed by atoms with van der Waals surface area (Å²) in [6.07, 6.45) is -17.6. The first-order valence-corrected chi connectivity index (χ1v) is 10.4. The summed E-state index contributed by atoms with van der Waals surface area (Å²) in [6, 6.07) is 3.06. The van der Waals surface area contributed by atoms with Crippen LogP contribution in [0, 0.1) is 18.2 Å². The molecule has 1 aliphatic heterocycles. The predicted octanol–water partition coefficient (Wildman–Crippen LogP) is 4.37. The average Bonchev–Trinajstić information content (AvgIpc) is 2.73. The predicted molar refractivity (Wildman–Crippen MR) is 107 cm³/mol. The van der Waals surface area contributed by atoms with Gasteiger partial charge >= 0.3 is 24.4 Å². The zero-order chi connectivity index (χ0) is 26.8. The number of aryl methyl sites for hydroxylation is 1. The standard InChI is InChI=1S/C21H25F7N2O5/c1-12-4-5-13(15(14(12)22)34-11-19(2,3)17(31)32)10-29-6-8-30(9-7-29)18(33)35-16(20(23,24)25)21(26,27)28/h4-5,16H,6-11H2,1-3H3,(H,31,32). The van der Waals surface area contributed by atoms with Gasteiger partial charge in [-0.2, -0.15) is 26.3 Å². The number of nitrogens with zero attached hydrogens (tertiary/aromatic N) is 2. The number of amides is 1. The van der Waals surface area contributed by atoms with Gasteiger partial charge in [-0.15, -0.1) is 0 Å². The van der Waals surface area contributed by atoms with Gasteiger partial charge < -0.3 is 19.5 Å². The van der Waals surface area contributed by atoms with Gasteiger partial charge in [0.1, 0.15) is 6.61 Å². The second-order valence-electron chi connectivity index (χ2n) is 8.77. The summed E-state index contributed by atoms with van der Waals surface area (Å²) < 4.78 is 99.7. The SMILES string of the molecule is Cc1ccc(CN2CCN(C(=O)OC(C(F)(F)F)C(F)(F)F)CC2)c(OCC(C)(C)C(=O)O)c1F. The van der Waals surface area contributed by atoms with E-state index in [4.69, 9.17) is 4.74 Å². The molecule has 198 valence electrons. The Morgan fingerprint density at radius 1 is 1.03 bits per heavy atom. The van der Waals surface area contributed by atoms with E-state index in [0.29, 0.717) is 5.56 Å². The molecule has 1 N–H and O–H groups in total. The van der Waals surface area contributed by atoms with Crippen molar-refractivity contribution < 1.29 is 54.9 Å². The van der Waals surface area contributed by atoms with E-state index in [9.17, 15) is 45.4 Å². The molecule has 0 aromatic heterocycles. The Morgan fingerprint density at radius 3 is 2.06 bits per heavy atom. The van der Waals surface area contributed by atoms with E-state index in [1.165, 1.54) is 26.8 Å². The quantitative estimate of drug-likeness (QED) is 0.541. The Balaban J connectivity index is 2.05. The summed E-state index contributed by atoms with van der Waals surface area (Å²) in [7, 11) is 0. The van der Waals surface area contributed by atoms with Crippen molar-refractivity contribution in [3.8, 4) is 5.75 Å². The topological polar surface area (TPSA) is 79.3 Å². The molecule has 1 aromatic rings. The molecule has 0 bridgehead atoms. The highest BCUT2D eigenvalue weighted by atomic mass is 19.4. The molecular weight excluding hydrogens is 493 g/mol. The summed E-state index contributed by atoms with van der Waals surface area (Å²) >= 11 is 0. The van der Waals surface area contributed by atoms with Crippen LogP contribution in [0.4, 0.5) is 35.5 Å². The molecule has 35 heavy (non-hydrogen) atoms. The number of ether oxygens (including phenoxy) is 2. The molecule has 1 aromatic carbocycles. The van der Waals surface area contributed by atoms with Crippen LogP contribution in [0.3, 0.4) is 0 Å². The number of aliphatic carboxylic acids is 1. The van der Waals surface area contributed by atoms with Gasteiger partial charge in [0, 0.05) is 38.3 Å². The first kappa shape index (κ1) is 28.5. The lowest BCUT2D eigenvalue weighted by Gasteiger charge is -2.35. The molecule has 1 fully saturated rings. The van der Waals surface area contributed by atoms with Crippen molar-refractivity contribution in [1.29, 1.82) is 0 Å². The summed E-state index contributed by atoms with van der Waals surface area (Å²) in [5, 5.41) is 9.24. The van der Waals surface area contributed by atoms with E-state index in [2.05, 4.69) is 4.74 Å². The van der Waals surface area contributed by atoms with E-state index in [-0.39, 0.29) is 50.6 Å². The summed E-state index contributed by atoms with van der Waals surface area (Å²) in [5.41, 5.74) is -0.683. The molecule has 0 aliphatic carbocycles. The molecule has 1 heterocycles. The molecule has 1 aliphatic rings. The van der Waals surface area contributed by atoms with E-state index >= 15 is 0 Å². The number of carboxylic acid groups (broad SMARTS) is 1. The van der Waals surface area contributed by atoms with Gasteiger partial charge in [0.2, 0.25) is 0 Å². The van der Waals surface area contributed by atoms with Crippen molar-refractivity contribution >= 4 is 12.1 Å². The summed E-state index contributed by atoms with van der Waals surface area (Å²) in [5.74, 6) is -1.98. The van der Waals surface area contributed by atoms with E-state index < -0.39 is 41.8 Å². The molecule has 0 radical (unpaired) electrons. The third-order valence-corrected chi connectivity index (χ3v) is 5.37. The number of piperazine rings is 1. The maximum absolute atomic E-state index is 14.7. The minimum atomic E-state index is -5.81. The zero-order valence-electron chi connectivity index (χ0n) is 19.1. The Kier molecular flexibility index (Phi) is 8.51. The van der Waals surface area contributed by atoms with Crippen LogP contribution >= 0.6 is 0 Å². The Labute approximate surface area is 196 Å². The van der Waals surface area contributed by atoms with Crippen molar-refractivity contribution in [3.63, 3.8) is 0 Å². The van der Waals surface area contributed by atoms with Crippen molar-refractivity contribution in [1.82, 2.24) is 9.80 Å². The molecule has 14 heteroatoms. The maximum atomic E-state index is 14.7. The minimum absolute atomic E-state index is 0.0490. The fourth-order valence-electron chi connectivity index (χ4n) is 3.11. The average molecular weight is 518 g/mol. The van der Waals surface area contributed by atoms with Gasteiger partial charge in [-0.1, -0.05) is 12.1 Å². The fourth-order valence-corrected chi connectivity index (χ4v) is 3.11. The number of alkyl halides is 6. The highest BCUT2D eigenvalue weighted by molar-refractivity contribution is 5.73. The molecule has 1 amide bonds. The second-order valence-corrected chi connectivity index (χ2v) is 8.77. The molecule has 0 saturated carbocycles. The van der Waals surface area contributed by atoms with Crippen LogP contribution in [0.25, 0.3) is 0 Å². The summed E-state index contributed by atoms with van der Waals surface area (Å²) in [4.78, 5) is 25.6. The van der Waals surface area contributed by atoms with E-state index in [1.807, 2.05) is 0 Å². The third-order valence-electron chi connectivity index (χ3n) is 5.37. The number of hydrogen-bond donors (Lipinski definition) is 1. The molecular formula is C21H25F7N2O5. The van der Waals surface area contributed by atoms with Crippen LogP contribution < -0.4 is 4.74 Å². The van der Waals surface area contributed by atoms with Crippen molar-refractivity contribution in [3.05, 3.63) is 29.1 Å². The van der Waals surface area contributed by atoms with Gasteiger partial charge in [-0.05, 0) is 26.3 Å². The van der Waals surface area contributed by atoms with Gasteiger partial charge in [0.15, 0.2) is 11.6 Å². The minimum Gasteiger partial charge on any atom is -0.489 e. The van der Waals surface area contributed by atoms with Gasteiger partial charge in [0.25, 0.3) is 6.10 Å².